The van der Waals surface area contributed by atoms with Crippen LogP contribution in [0.25, 0.3) is 11.0 Å². The van der Waals surface area contributed by atoms with E-state index >= 15 is 0 Å². The molecule has 1 aliphatic rings. The van der Waals surface area contributed by atoms with E-state index in [1.165, 1.54) is 12.8 Å². The van der Waals surface area contributed by atoms with Crippen LogP contribution in [-0.4, -0.2) is 17.4 Å². The largest absolute Gasteiger partial charge is 0.494 e. The van der Waals surface area contributed by atoms with Gasteiger partial charge in [0.2, 0.25) is 5.76 Å². The van der Waals surface area contributed by atoms with Gasteiger partial charge in [0.05, 0.1) is 36.4 Å². The number of fused-ring (bicyclic) bond motifs is 2. The van der Waals surface area contributed by atoms with Crippen LogP contribution in [0.15, 0.2) is 68.4 Å². The summed E-state index contributed by atoms with van der Waals surface area (Å²) in [6.45, 7) is 4.87. The zero-order valence-corrected chi connectivity index (χ0v) is 21.1. The number of benzene rings is 2. The number of rotatable bonds is 9. The summed E-state index contributed by atoms with van der Waals surface area (Å²) in [6, 6.07) is 13.8. The smallest absolute Gasteiger partial charge is 0.291 e. The van der Waals surface area contributed by atoms with Crippen molar-refractivity contribution < 1.29 is 18.4 Å². The third-order valence-electron chi connectivity index (χ3n) is 6.62. The predicted molar refractivity (Wildman–Crippen MR) is 139 cm³/mol. The molecule has 3 heterocycles. The van der Waals surface area contributed by atoms with Crippen LogP contribution in [0.5, 0.6) is 5.75 Å². The summed E-state index contributed by atoms with van der Waals surface area (Å²) in [4.78, 5) is 28.9. The molecule has 1 aliphatic heterocycles. The standard InChI is InChI=1S/C29H28ClNO5/c1-3-4-5-6-13-34-20-11-9-19(10-12-20)26-25-27(32)22-16-23(30)18(2)15-24(22)36-28(25)29(33)31(26)17-21-8-7-14-35-21/h7-12,14-16,26H,3-6,13,17H2,1-2H3. The Labute approximate surface area is 214 Å². The highest BCUT2D eigenvalue weighted by Gasteiger charge is 2.43. The van der Waals surface area contributed by atoms with Crippen molar-refractivity contribution in [3.63, 3.8) is 0 Å². The molecule has 6 nitrogen and oxygen atoms in total. The topological polar surface area (TPSA) is 72.9 Å². The molecule has 0 saturated heterocycles. The van der Waals surface area contributed by atoms with Gasteiger partial charge >= 0.3 is 0 Å². The number of furan rings is 1. The minimum Gasteiger partial charge on any atom is -0.494 e. The average molecular weight is 506 g/mol. The quantitative estimate of drug-likeness (QED) is 0.228. The van der Waals surface area contributed by atoms with Crippen molar-refractivity contribution in [3.8, 4) is 5.75 Å². The lowest BCUT2D eigenvalue weighted by atomic mass is 9.98. The SMILES string of the molecule is CCCCCCOc1ccc(C2c3c(oc4cc(C)c(Cl)cc4c3=O)C(=O)N2Cc2ccco2)cc1. The predicted octanol–water partition coefficient (Wildman–Crippen LogP) is 7.05. The van der Waals surface area contributed by atoms with Crippen LogP contribution in [0.2, 0.25) is 5.02 Å². The molecule has 36 heavy (non-hydrogen) atoms. The van der Waals surface area contributed by atoms with Crippen molar-refractivity contribution in [1.29, 1.82) is 0 Å². The molecule has 0 spiro atoms. The maximum absolute atomic E-state index is 13.7. The Bertz CT molecular complexity index is 1440. The van der Waals surface area contributed by atoms with Gasteiger partial charge in [-0.25, -0.2) is 0 Å². The monoisotopic (exact) mass is 505 g/mol. The average Bonchev–Trinajstić information content (AvgIpc) is 3.48. The first-order valence-corrected chi connectivity index (χ1v) is 12.7. The molecule has 0 saturated carbocycles. The molecule has 1 unspecified atom stereocenters. The molecule has 1 atom stereocenters. The second-order valence-corrected chi connectivity index (χ2v) is 9.57. The Morgan fingerprint density at radius 2 is 1.86 bits per heavy atom. The van der Waals surface area contributed by atoms with E-state index in [2.05, 4.69) is 6.92 Å². The van der Waals surface area contributed by atoms with Crippen molar-refractivity contribution in [2.24, 2.45) is 0 Å². The van der Waals surface area contributed by atoms with Crippen LogP contribution in [-0.2, 0) is 6.54 Å². The fourth-order valence-electron chi connectivity index (χ4n) is 4.69. The number of hydrogen-bond acceptors (Lipinski definition) is 5. The molecule has 0 bridgehead atoms. The second-order valence-electron chi connectivity index (χ2n) is 9.16. The minimum atomic E-state index is -0.628. The van der Waals surface area contributed by atoms with Gasteiger partial charge in [-0.05, 0) is 60.9 Å². The highest BCUT2D eigenvalue weighted by Crippen LogP contribution is 2.40. The van der Waals surface area contributed by atoms with Gasteiger partial charge in [0.1, 0.15) is 17.1 Å². The maximum atomic E-state index is 13.7. The molecule has 0 radical (unpaired) electrons. The van der Waals surface area contributed by atoms with Gasteiger partial charge in [0.25, 0.3) is 5.91 Å². The van der Waals surface area contributed by atoms with Gasteiger partial charge in [-0.1, -0.05) is 49.9 Å². The molecular weight excluding hydrogens is 478 g/mol. The van der Waals surface area contributed by atoms with Crippen LogP contribution in [0.1, 0.15) is 71.7 Å². The lowest BCUT2D eigenvalue weighted by Crippen LogP contribution is -2.29. The van der Waals surface area contributed by atoms with Gasteiger partial charge in [-0.3, -0.25) is 9.59 Å². The highest BCUT2D eigenvalue weighted by molar-refractivity contribution is 6.32. The van der Waals surface area contributed by atoms with E-state index in [1.54, 1.807) is 35.4 Å². The van der Waals surface area contributed by atoms with E-state index in [0.717, 1.165) is 29.7 Å². The lowest BCUT2D eigenvalue weighted by molar-refractivity contribution is 0.0701. The number of unbranched alkanes of at least 4 members (excludes halogenated alkanes) is 3. The van der Waals surface area contributed by atoms with Crippen LogP contribution < -0.4 is 10.2 Å². The van der Waals surface area contributed by atoms with E-state index in [9.17, 15) is 9.59 Å². The number of ether oxygens (including phenoxy) is 1. The molecule has 186 valence electrons. The molecule has 5 rings (SSSR count). The molecule has 2 aromatic heterocycles. The second kappa shape index (κ2) is 10.2. The van der Waals surface area contributed by atoms with Gasteiger partial charge in [-0.15, -0.1) is 0 Å². The van der Waals surface area contributed by atoms with Gasteiger partial charge in [0, 0.05) is 5.02 Å². The molecule has 0 aliphatic carbocycles. The Morgan fingerprint density at radius 3 is 2.58 bits per heavy atom. The molecular formula is C29H28ClNO5. The van der Waals surface area contributed by atoms with Crippen LogP contribution in [0.4, 0.5) is 0 Å². The molecule has 7 heteroatoms. The Balaban J connectivity index is 1.54. The Hall–Kier alpha value is -3.51. The number of amides is 1. The van der Waals surface area contributed by atoms with E-state index < -0.39 is 6.04 Å². The van der Waals surface area contributed by atoms with Crippen LogP contribution >= 0.6 is 11.6 Å². The first kappa shape index (κ1) is 24.2. The number of carbonyl (C=O) groups excluding carboxylic acids is 1. The van der Waals surface area contributed by atoms with Gasteiger partial charge in [0.15, 0.2) is 5.43 Å². The van der Waals surface area contributed by atoms with E-state index in [1.807, 2.05) is 31.2 Å². The van der Waals surface area contributed by atoms with Crippen molar-refractivity contribution in [1.82, 2.24) is 4.90 Å². The van der Waals surface area contributed by atoms with Gasteiger partial charge in [-0.2, -0.15) is 0 Å². The maximum Gasteiger partial charge on any atom is 0.291 e. The van der Waals surface area contributed by atoms with E-state index in [0.29, 0.717) is 33.9 Å². The number of carbonyl (C=O) groups is 1. The third kappa shape index (κ3) is 4.53. The number of nitrogens with zero attached hydrogens (tertiary/aromatic N) is 1. The number of hydrogen-bond donors (Lipinski definition) is 0. The molecule has 1 amide bonds. The van der Waals surface area contributed by atoms with Gasteiger partial charge < -0.3 is 18.5 Å². The van der Waals surface area contributed by atoms with E-state index in [-0.39, 0.29) is 23.6 Å². The number of aryl methyl sites for hydroxylation is 1. The third-order valence-corrected chi connectivity index (χ3v) is 7.02. The van der Waals surface area contributed by atoms with E-state index in [4.69, 9.17) is 25.2 Å². The van der Waals surface area contributed by atoms with Crippen LogP contribution in [0, 0.1) is 6.92 Å². The Morgan fingerprint density at radius 1 is 1.06 bits per heavy atom. The lowest BCUT2D eigenvalue weighted by Gasteiger charge is -2.24. The summed E-state index contributed by atoms with van der Waals surface area (Å²) < 4.78 is 17.4. The highest BCUT2D eigenvalue weighted by atomic mass is 35.5. The van der Waals surface area contributed by atoms with Crippen molar-refractivity contribution in [2.45, 2.75) is 52.1 Å². The summed E-state index contributed by atoms with van der Waals surface area (Å²) in [5.41, 5.74) is 1.96. The molecule has 0 N–H and O–H groups in total. The zero-order valence-electron chi connectivity index (χ0n) is 20.4. The summed E-state index contributed by atoms with van der Waals surface area (Å²) in [7, 11) is 0. The normalized spacial score (nSPS) is 15.0. The fraction of sp³-hybridized carbons (Fsp3) is 0.310. The Kier molecular flexibility index (Phi) is 6.88. The zero-order chi connectivity index (χ0) is 25.2. The summed E-state index contributed by atoms with van der Waals surface area (Å²) in [6.07, 6.45) is 6.09. The van der Waals surface area contributed by atoms with Crippen LogP contribution in [0.3, 0.4) is 0 Å². The van der Waals surface area contributed by atoms with Crippen molar-refractivity contribution >= 4 is 28.5 Å². The first-order valence-electron chi connectivity index (χ1n) is 12.3. The van der Waals surface area contributed by atoms with Crippen molar-refractivity contribution in [2.75, 3.05) is 6.61 Å². The number of halogens is 1. The molecule has 2 aromatic carbocycles. The first-order chi connectivity index (χ1) is 17.5. The fourth-order valence-corrected chi connectivity index (χ4v) is 4.85. The molecule has 4 aromatic rings. The summed E-state index contributed by atoms with van der Waals surface area (Å²) in [5.74, 6) is 1.07. The minimum absolute atomic E-state index is 0.0574. The molecule has 0 fully saturated rings. The summed E-state index contributed by atoms with van der Waals surface area (Å²) >= 11 is 6.32. The van der Waals surface area contributed by atoms with Crippen molar-refractivity contribution in [3.05, 3.63) is 98.3 Å². The summed E-state index contributed by atoms with van der Waals surface area (Å²) in [5, 5.41) is 0.831.